The molecule has 0 spiro atoms. The number of nitrogens with zero attached hydrogens (tertiary/aromatic N) is 1. The van der Waals surface area contributed by atoms with Gasteiger partial charge >= 0.3 is 5.97 Å². The number of fused-ring (bicyclic) bond motifs is 1. The van der Waals surface area contributed by atoms with E-state index in [9.17, 15) is 9.59 Å². The van der Waals surface area contributed by atoms with E-state index in [1.165, 1.54) is 0 Å². The van der Waals surface area contributed by atoms with Gasteiger partial charge in [-0.1, -0.05) is 36.4 Å². The number of hydrogen-bond donors (Lipinski definition) is 3. The third-order valence-corrected chi connectivity index (χ3v) is 4.78. The van der Waals surface area contributed by atoms with Crippen LogP contribution in [0.2, 0.25) is 0 Å². The molecule has 2 aromatic carbocycles. The number of aromatic nitrogens is 2. The van der Waals surface area contributed by atoms with Crippen LogP contribution < -0.4 is 5.32 Å². The first-order valence-electron chi connectivity index (χ1n) is 8.78. The lowest BCUT2D eigenvalue weighted by atomic mass is 9.97. The summed E-state index contributed by atoms with van der Waals surface area (Å²) in [6, 6.07) is 15.0. The van der Waals surface area contributed by atoms with Gasteiger partial charge in [-0.2, -0.15) is 0 Å². The molecule has 1 aliphatic heterocycles. The molecule has 1 aromatic heterocycles. The van der Waals surface area contributed by atoms with Gasteiger partial charge in [-0.25, -0.2) is 9.78 Å². The smallest absolute Gasteiger partial charge is 0.332 e. The molecule has 0 bridgehead atoms. The highest BCUT2D eigenvalue weighted by Crippen LogP contribution is 2.26. The number of benzene rings is 2. The van der Waals surface area contributed by atoms with E-state index in [1.807, 2.05) is 48.5 Å². The lowest BCUT2D eigenvalue weighted by Crippen LogP contribution is -2.38. The van der Waals surface area contributed by atoms with E-state index in [0.717, 1.165) is 22.2 Å². The molecule has 0 radical (unpaired) electrons. The number of imidazole rings is 1. The second-order valence-corrected chi connectivity index (χ2v) is 6.56. The maximum absolute atomic E-state index is 12.7. The summed E-state index contributed by atoms with van der Waals surface area (Å²) in [5, 5.41) is 12.1. The van der Waals surface area contributed by atoms with Gasteiger partial charge in [-0.05, 0) is 36.1 Å². The molecular formula is C20H19N3O4. The summed E-state index contributed by atoms with van der Waals surface area (Å²) in [7, 11) is 0. The summed E-state index contributed by atoms with van der Waals surface area (Å²) in [6.45, 7) is 0. The predicted molar refractivity (Wildman–Crippen MR) is 98.1 cm³/mol. The van der Waals surface area contributed by atoms with E-state index in [0.29, 0.717) is 12.8 Å². The fraction of sp³-hybridized carbons (Fsp3) is 0.250. The summed E-state index contributed by atoms with van der Waals surface area (Å²) in [6.07, 6.45) is 0.682. The molecule has 1 aliphatic rings. The number of aromatic amines is 1. The van der Waals surface area contributed by atoms with Gasteiger partial charge in [-0.3, -0.25) is 4.79 Å². The predicted octanol–water partition coefficient (Wildman–Crippen LogP) is 2.40. The lowest BCUT2D eigenvalue weighted by Gasteiger charge is -2.22. The largest absolute Gasteiger partial charge is 0.479 e. The first-order valence-corrected chi connectivity index (χ1v) is 8.78. The van der Waals surface area contributed by atoms with Crippen molar-refractivity contribution >= 4 is 22.9 Å². The molecule has 7 heteroatoms. The number of carboxylic acids is 1. The quantitative estimate of drug-likeness (QED) is 0.644. The molecule has 4 rings (SSSR count). The van der Waals surface area contributed by atoms with Crippen LogP contribution >= 0.6 is 0 Å². The lowest BCUT2D eigenvalue weighted by molar-refractivity contribution is -0.151. The molecule has 27 heavy (non-hydrogen) atoms. The summed E-state index contributed by atoms with van der Waals surface area (Å²) in [4.78, 5) is 31.1. The van der Waals surface area contributed by atoms with Crippen molar-refractivity contribution in [1.29, 1.82) is 0 Å². The highest BCUT2D eigenvalue weighted by Gasteiger charge is 2.35. The Hall–Kier alpha value is -3.19. The second kappa shape index (κ2) is 7.20. The monoisotopic (exact) mass is 365 g/mol. The number of carboxylic acid groups (broad SMARTS) is 1. The van der Waals surface area contributed by atoms with Crippen molar-refractivity contribution in [1.82, 2.24) is 15.3 Å². The average Bonchev–Trinajstić information content (AvgIpc) is 3.35. The van der Waals surface area contributed by atoms with Gasteiger partial charge in [0.05, 0.1) is 23.4 Å². The highest BCUT2D eigenvalue weighted by molar-refractivity contribution is 5.83. The van der Waals surface area contributed by atoms with Crippen LogP contribution in [0.3, 0.4) is 0 Å². The number of ether oxygens (including phenoxy) is 1. The Balaban J connectivity index is 1.61. The van der Waals surface area contributed by atoms with Crippen molar-refractivity contribution in [2.75, 3.05) is 0 Å². The van der Waals surface area contributed by atoms with E-state index in [4.69, 9.17) is 9.84 Å². The van der Waals surface area contributed by atoms with Crippen molar-refractivity contribution in [2.24, 2.45) is 0 Å². The average molecular weight is 365 g/mol. The van der Waals surface area contributed by atoms with Gasteiger partial charge in [0.2, 0.25) is 5.91 Å². The van der Waals surface area contributed by atoms with E-state index in [1.54, 1.807) is 6.33 Å². The molecule has 3 N–H and O–H groups in total. The van der Waals surface area contributed by atoms with Crippen LogP contribution in [-0.2, 0) is 14.3 Å². The molecule has 138 valence electrons. The van der Waals surface area contributed by atoms with Gasteiger partial charge in [0.1, 0.15) is 6.10 Å². The third kappa shape index (κ3) is 3.54. The van der Waals surface area contributed by atoms with Crippen molar-refractivity contribution in [3.05, 3.63) is 66.0 Å². The SMILES string of the molecule is O=C(NC(c1ccccc1)c1ccc2nc[nH]c2c1)[C@@H]1CC[C@H](C(=O)O)O1. The number of carbonyl (C=O) groups is 2. The minimum Gasteiger partial charge on any atom is -0.479 e. The van der Waals surface area contributed by atoms with Crippen LogP contribution in [0.4, 0.5) is 0 Å². The Morgan fingerprint density at radius 3 is 2.63 bits per heavy atom. The fourth-order valence-corrected chi connectivity index (χ4v) is 3.38. The minimum atomic E-state index is -1.03. The van der Waals surface area contributed by atoms with Crippen molar-refractivity contribution < 1.29 is 19.4 Å². The Morgan fingerprint density at radius 1 is 1.11 bits per heavy atom. The maximum atomic E-state index is 12.7. The topological polar surface area (TPSA) is 104 Å². The van der Waals surface area contributed by atoms with E-state index in [-0.39, 0.29) is 11.9 Å². The number of carbonyl (C=O) groups excluding carboxylic acids is 1. The summed E-state index contributed by atoms with van der Waals surface area (Å²) >= 11 is 0. The van der Waals surface area contributed by atoms with E-state index < -0.39 is 18.2 Å². The first-order chi connectivity index (χ1) is 13.1. The van der Waals surface area contributed by atoms with Crippen LogP contribution in [0.1, 0.15) is 30.0 Å². The maximum Gasteiger partial charge on any atom is 0.332 e. The molecule has 3 atom stereocenters. The summed E-state index contributed by atoms with van der Waals surface area (Å²) < 4.78 is 5.39. The molecule has 1 fully saturated rings. The number of amides is 1. The van der Waals surface area contributed by atoms with Crippen LogP contribution in [0, 0.1) is 0 Å². The van der Waals surface area contributed by atoms with Crippen LogP contribution in [-0.4, -0.2) is 39.2 Å². The molecule has 0 saturated carbocycles. The molecule has 1 amide bonds. The zero-order valence-electron chi connectivity index (χ0n) is 14.5. The Labute approximate surface area is 155 Å². The number of hydrogen-bond acceptors (Lipinski definition) is 4. The molecule has 7 nitrogen and oxygen atoms in total. The summed E-state index contributed by atoms with van der Waals surface area (Å²) in [5.41, 5.74) is 3.56. The van der Waals surface area contributed by atoms with Gasteiger partial charge in [0.25, 0.3) is 0 Å². The highest BCUT2D eigenvalue weighted by atomic mass is 16.5. The molecule has 0 aliphatic carbocycles. The normalized spacial score (nSPS) is 20.4. The third-order valence-electron chi connectivity index (χ3n) is 4.78. The minimum absolute atomic E-state index is 0.308. The molecule has 1 saturated heterocycles. The van der Waals surface area contributed by atoms with E-state index >= 15 is 0 Å². The van der Waals surface area contributed by atoms with Crippen molar-refractivity contribution in [3.8, 4) is 0 Å². The number of H-pyrrole nitrogens is 1. The van der Waals surface area contributed by atoms with Crippen molar-refractivity contribution in [2.45, 2.75) is 31.1 Å². The van der Waals surface area contributed by atoms with Gasteiger partial charge in [0.15, 0.2) is 6.10 Å². The van der Waals surface area contributed by atoms with E-state index in [2.05, 4.69) is 15.3 Å². The Morgan fingerprint density at radius 2 is 1.89 bits per heavy atom. The van der Waals surface area contributed by atoms with Gasteiger partial charge in [-0.15, -0.1) is 0 Å². The number of rotatable bonds is 5. The zero-order valence-corrected chi connectivity index (χ0v) is 14.5. The van der Waals surface area contributed by atoms with Crippen LogP contribution in [0.15, 0.2) is 54.9 Å². The van der Waals surface area contributed by atoms with Gasteiger partial charge < -0.3 is 20.1 Å². The Kier molecular flexibility index (Phi) is 4.60. The zero-order chi connectivity index (χ0) is 18.8. The molecule has 3 aromatic rings. The molecule has 1 unspecified atom stereocenters. The number of nitrogens with one attached hydrogen (secondary N) is 2. The second-order valence-electron chi connectivity index (χ2n) is 6.56. The van der Waals surface area contributed by atoms with Crippen molar-refractivity contribution in [3.63, 3.8) is 0 Å². The van der Waals surface area contributed by atoms with Gasteiger partial charge in [0, 0.05) is 0 Å². The molecular weight excluding hydrogens is 346 g/mol. The van der Waals surface area contributed by atoms with Crippen LogP contribution in [0.5, 0.6) is 0 Å². The fourth-order valence-electron chi connectivity index (χ4n) is 3.38. The first kappa shape index (κ1) is 17.2. The number of aliphatic carboxylic acids is 1. The Bertz CT molecular complexity index is 970. The standard InChI is InChI=1S/C20H19N3O4/c24-19(16-8-9-17(27-16)20(25)26)23-18(12-4-2-1-3-5-12)13-6-7-14-15(10-13)22-11-21-14/h1-7,10-11,16-18H,8-9H2,(H,21,22)(H,23,24)(H,25,26)/t16-,17+,18?/m0/s1. The molecule has 2 heterocycles. The van der Waals surface area contributed by atoms with Crippen LogP contribution in [0.25, 0.3) is 11.0 Å². The summed E-state index contributed by atoms with van der Waals surface area (Å²) in [5.74, 6) is -1.34.